The van der Waals surface area contributed by atoms with Crippen LogP contribution in [0.3, 0.4) is 0 Å². The van der Waals surface area contributed by atoms with Gasteiger partial charge in [-0.25, -0.2) is 22.2 Å². The van der Waals surface area contributed by atoms with Gasteiger partial charge in [0.1, 0.15) is 11.6 Å². The number of hydrogen-bond acceptors (Lipinski definition) is 5. The molecule has 0 bridgehead atoms. The molecule has 2 aromatic carbocycles. The molecule has 1 unspecified atom stereocenters. The fourth-order valence-corrected chi connectivity index (χ4v) is 6.01. The Labute approximate surface area is 221 Å². The van der Waals surface area contributed by atoms with E-state index in [1.54, 1.807) is 37.3 Å². The Hall–Kier alpha value is -3.50. The molecule has 38 heavy (non-hydrogen) atoms. The molecule has 0 aliphatic carbocycles. The van der Waals surface area contributed by atoms with Crippen molar-refractivity contribution in [3.8, 4) is 0 Å². The van der Waals surface area contributed by atoms with Gasteiger partial charge in [0, 0.05) is 24.7 Å². The Morgan fingerprint density at radius 1 is 1.03 bits per heavy atom. The minimum Gasteiger partial charge on any atom is -0.272 e. The van der Waals surface area contributed by atoms with E-state index in [1.807, 2.05) is 13.8 Å². The maximum Gasteiger partial charge on any atom is 0.251 e. The Balaban J connectivity index is 1.71. The minimum atomic E-state index is -3.64. The summed E-state index contributed by atoms with van der Waals surface area (Å²) in [5.41, 5.74) is 2.19. The Morgan fingerprint density at radius 3 is 2.34 bits per heavy atom. The largest absolute Gasteiger partial charge is 0.272 e. The first-order chi connectivity index (χ1) is 18.1. The second kappa shape index (κ2) is 11.5. The third kappa shape index (κ3) is 5.81. The smallest absolute Gasteiger partial charge is 0.251 e. The SMILES string of the molecule is CCCN(CCC)S(=O)(=O)c1ccc(C2=NC3C=C(c4ccc(F)cc4F)C=CC(C)=NN3C(=O)C2)cc1. The molecule has 7 nitrogen and oxygen atoms in total. The van der Waals surface area contributed by atoms with Gasteiger partial charge in [-0.3, -0.25) is 9.79 Å². The zero-order valence-corrected chi connectivity index (χ0v) is 22.4. The van der Waals surface area contributed by atoms with Gasteiger partial charge in [0.25, 0.3) is 5.91 Å². The molecule has 0 N–H and O–H groups in total. The van der Waals surface area contributed by atoms with Gasteiger partial charge in [0.2, 0.25) is 10.0 Å². The fraction of sp³-hybridized carbons (Fsp3) is 0.321. The van der Waals surface area contributed by atoms with E-state index in [0.717, 1.165) is 6.07 Å². The average Bonchev–Trinajstić information content (AvgIpc) is 2.87. The van der Waals surface area contributed by atoms with Crippen LogP contribution in [0.4, 0.5) is 8.78 Å². The topological polar surface area (TPSA) is 82.4 Å². The van der Waals surface area contributed by atoms with Crippen LogP contribution in [0.5, 0.6) is 0 Å². The summed E-state index contributed by atoms with van der Waals surface area (Å²) >= 11 is 0. The highest BCUT2D eigenvalue weighted by Crippen LogP contribution is 2.27. The van der Waals surface area contributed by atoms with Crippen LogP contribution >= 0.6 is 0 Å². The van der Waals surface area contributed by atoms with Crippen molar-refractivity contribution in [1.82, 2.24) is 9.31 Å². The Bertz CT molecular complexity index is 1440. The molecule has 0 fully saturated rings. The van der Waals surface area contributed by atoms with Gasteiger partial charge in [-0.05, 0) is 67.3 Å². The first kappa shape index (κ1) is 27.5. The highest BCUT2D eigenvalue weighted by Gasteiger charge is 2.31. The van der Waals surface area contributed by atoms with Crippen LogP contribution in [0.25, 0.3) is 5.57 Å². The highest BCUT2D eigenvalue weighted by atomic mass is 32.2. The van der Waals surface area contributed by atoms with E-state index in [0.29, 0.717) is 48.5 Å². The van der Waals surface area contributed by atoms with E-state index < -0.39 is 27.8 Å². The lowest BCUT2D eigenvalue weighted by Crippen LogP contribution is -2.41. The van der Waals surface area contributed by atoms with Gasteiger partial charge < -0.3 is 0 Å². The number of amides is 1. The summed E-state index contributed by atoms with van der Waals surface area (Å²) in [7, 11) is -3.64. The monoisotopic (exact) mass is 540 g/mol. The quantitative estimate of drug-likeness (QED) is 0.464. The molecule has 10 heteroatoms. The van der Waals surface area contributed by atoms with E-state index in [-0.39, 0.29) is 22.8 Å². The number of fused-ring (bicyclic) bond motifs is 1. The summed E-state index contributed by atoms with van der Waals surface area (Å²) in [6, 6.07) is 9.66. The van der Waals surface area contributed by atoms with Gasteiger partial charge in [0.05, 0.1) is 22.7 Å². The number of sulfonamides is 1. The van der Waals surface area contributed by atoms with Crippen molar-refractivity contribution in [3.63, 3.8) is 0 Å². The molecule has 0 saturated heterocycles. The molecule has 4 rings (SSSR count). The second-order valence-corrected chi connectivity index (χ2v) is 11.1. The molecule has 2 aromatic rings. The zero-order chi connectivity index (χ0) is 27.4. The normalized spacial score (nSPS) is 17.9. The lowest BCUT2D eigenvalue weighted by molar-refractivity contribution is -0.131. The van der Waals surface area contributed by atoms with Crippen molar-refractivity contribution >= 4 is 32.9 Å². The molecule has 0 radical (unpaired) electrons. The number of nitrogens with zero attached hydrogens (tertiary/aromatic N) is 4. The summed E-state index contributed by atoms with van der Waals surface area (Å²) in [4.78, 5) is 18.0. The molecular formula is C28H30F2N4O3S. The van der Waals surface area contributed by atoms with E-state index in [1.165, 1.54) is 33.6 Å². The van der Waals surface area contributed by atoms with Gasteiger partial charge in [-0.2, -0.15) is 9.41 Å². The molecule has 1 atom stereocenters. The summed E-state index contributed by atoms with van der Waals surface area (Å²) in [6.45, 7) is 6.46. The predicted octanol–water partition coefficient (Wildman–Crippen LogP) is 5.15. The molecular weight excluding hydrogens is 510 g/mol. The summed E-state index contributed by atoms with van der Waals surface area (Å²) in [5.74, 6) is -1.73. The first-order valence-electron chi connectivity index (χ1n) is 12.5. The maximum atomic E-state index is 14.6. The number of aliphatic imine (C=N–C) groups is 1. The van der Waals surface area contributed by atoms with Crippen LogP contribution in [-0.2, 0) is 14.8 Å². The van der Waals surface area contributed by atoms with Crippen molar-refractivity contribution in [3.05, 3.63) is 83.5 Å². The van der Waals surface area contributed by atoms with Gasteiger partial charge in [0.15, 0.2) is 6.17 Å². The van der Waals surface area contributed by atoms with Crippen molar-refractivity contribution in [2.24, 2.45) is 10.1 Å². The number of hydrogen-bond donors (Lipinski definition) is 0. The number of carbonyl (C=O) groups is 1. The first-order valence-corrected chi connectivity index (χ1v) is 14.0. The van der Waals surface area contributed by atoms with Crippen LogP contribution in [0.2, 0.25) is 0 Å². The van der Waals surface area contributed by atoms with E-state index >= 15 is 0 Å². The van der Waals surface area contributed by atoms with Crippen molar-refractivity contribution in [2.45, 2.75) is 51.1 Å². The number of allylic oxidation sites excluding steroid dienone is 3. The fourth-order valence-electron chi connectivity index (χ4n) is 4.38. The molecule has 200 valence electrons. The Morgan fingerprint density at radius 2 is 1.71 bits per heavy atom. The standard InChI is InChI=1S/C28H30F2N4O3S/c1-4-14-33(15-5-2)38(36,37)23-11-8-20(9-12-23)26-18-28(35)34-27(31-26)16-21(7-6-19(3)32-34)24-13-10-22(29)17-25(24)30/h6-13,16-17,27H,4-5,14-15,18H2,1-3H3. The third-order valence-electron chi connectivity index (χ3n) is 6.22. The molecule has 2 aliphatic heterocycles. The molecule has 0 spiro atoms. The van der Waals surface area contributed by atoms with E-state index in [9.17, 15) is 22.0 Å². The lowest BCUT2D eigenvalue weighted by atomic mass is 10.0. The van der Waals surface area contributed by atoms with Crippen LogP contribution in [0, 0.1) is 11.6 Å². The van der Waals surface area contributed by atoms with E-state index in [2.05, 4.69) is 5.10 Å². The lowest BCUT2D eigenvalue weighted by Gasteiger charge is -2.29. The summed E-state index contributed by atoms with van der Waals surface area (Å²) in [6.07, 6.45) is 5.43. The number of halogens is 2. The number of rotatable bonds is 8. The van der Waals surface area contributed by atoms with Gasteiger partial charge in [-0.1, -0.05) is 32.1 Å². The van der Waals surface area contributed by atoms with Crippen molar-refractivity contribution in [2.75, 3.05) is 13.1 Å². The summed E-state index contributed by atoms with van der Waals surface area (Å²) < 4.78 is 55.8. The van der Waals surface area contributed by atoms with E-state index in [4.69, 9.17) is 4.99 Å². The number of benzene rings is 2. The van der Waals surface area contributed by atoms with Gasteiger partial charge >= 0.3 is 0 Å². The maximum absolute atomic E-state index is 14.6. The van der Waals surface area contributed by atoms with Crippen molar-refractivity contribution in [1.29, 1.82) is 0 Å². The zero-order valence-electron chi connectivity index (χ0n) is 21.6. The molecule has 1 amide bonds. The molecule has 0 saturated carbocycles. The molecule has 0 aromatic heterocycles. The minimum absolute atomic E-state index is 0.0328. The molecule has 2 heterocycles. The number of carbonyl (C=O) groups excluding carboxylic acids is 1. The van der Waals surface area contributed by atoms with Crippen LogP contribution in [0.15, 0.2) is 75.7 Å². The third-order valence-corrected chi connectivity index (χ3v) is 8.14. The average molecular weight is 541 g/mol. The number of hydrazone groups is 1. The Kier molecular flexibility index (Phi) is 8.32. The van der Waals surface area contributed by atoms with Crippen molar-refractivity contribution < 1.29 is 22.0 Å². The molecule has 2 aliphatic rings. The van der Waals surface area contributed by atoms with Crippen LogP contribution in [0.1, 0.15) is 51.2 Å². The van der Waals surface area contributed by atoms with Gasteiger partial charge in [-0.15, -0.1) is 0 Å². The highest BCUT2D eigenvalue weighted by molar-refractivity contribution is 7.89. The van der Waals surface area contributed by atoms with Crippen LogP contribution in [-0.4, -0.2) is 54.3 Å². The second-order valence-electron chi connectivity index (χ2n) is 9.15. The predicted molar refractivity (Wildman–Crippen MR) is 144 cm³/mol. The van der Waals surface area contributed by atoms with Crippen LogP contribution < -0.4 is 0 Å². The summed E-state index contributed by atoms with van der Waals surface area (Å²) in [5, 5.41) is 5.60.